The van der Waals surface area contributed by atoms with Gasteiger partial charge in [-0.1, -0.05) is 6.07 Å². The highest BCUT2D eigenvalue weighted by Crippen LogP contribution is 2.15. The molecule has 0 atom stereocenters. The lowest BCUT2D eigenvalue weighted by molar-refractivity contribution is 0.0740. The molecule has 0 aliphatic carbocycles. The van der Waals surface area contributed by atoms with Gasteiger partial charge in [0.25, 0.3) is 5.91 Å². The number of nitrogens with zero attached hydrogens (tertiary/aromatic N) is 4. The predicted molar refractivity (Wildman–Crippen MR) is 76.5 cm³/mol. The topological polar surface area (TPSA) is 49.3 Å². The molecule has 1 saturated heterocycles. The molecule has 1 amide bonds. The van der Waals surface area contributed by atoms with Crippen LogP contribution in [0.25, 0.3) is 0 Å². The number of hydrogen-bond donors (Lipinski definition) is 0. The van der Waals surface area contributed by atoms with Crippen LogP contribution < -0.4 is 4.90 Å². The highest BCUT2D eigenvalue weighted by atomic mass is 19.1. The van der Waals surface area contributed by atoms with Crippen LogP contribution in [0, 0.1) is 5.95 Å². The summed E-state index contributed by atoms with van der Waals surface area (Å²) in [6.45, 7) is 2.46. The molecular formula is C15H15FN4O. The monoisotopic (exact) mass is 286 g/mol. The first-order valence-corrected chi connectivity index (χ1v) is 6.81. The molecule has 3 heterocycles. The Labute approximate surface area is 122 Å². The van der Waals surface area contributed by atoms with Crippen LogP contribution in [-0.4, -0.2) is 47.0 Å². The van der Waals surface area contributed by atoms with Crippen LogP contribution in [0.3, 0.4) is 0 Å². The molecular weight excluding hydrogens is 271 g/mol. The van der Waals surface area contributed by atoms with Crippen LogP contribution in [0.15, 0.2) is 42.7 Å². The Morgan fingerprint density at radius 2 is 1.76 bits per heavy atom. The van der Waals surface area contributed by atoms with Crippen molar-refractivity contribution in [2.45, 2.75) is 0 Å². The van der Waals surface area contributed by atoms with Gasteiger partial charge in [-0.25, -0.2) is 9.97 Å². The Kier molecular flexibility index (Phi) is 3.77. The van der Waals surface area contributed by atoms with Crippen LogP contribution in [0.1, 0.15) is 10.4 Å². The van der Waals surface area contributed by atoms with E-state index in [4.69, 9.17) is 0 Å². The molecule has 6 heteroatoms. The van der Waals surface area contributed by atoms with E-state index < -0.39 is 5.95 Å². The molecule has 3 rings (SSSR count). The van der Waals surface area contributed by atoms with Crippen molar-refractivity contribution >= 4 is 11.7 Å². The van der Waals surface area contributed by atoms with Crippen molar-refractivity contribution in [2.24, 2.45) is 0 Å². The molecule has 5 nitrogen and oxygen atoms in total. The van der Waals surface area contributed by atoms with Gasteiger partial charge in [-0.2, -0.15) is 4.39 Å². The number of piperazine rings is 1. The Morgan fingerprint density at radius 3 is 2.43 bits per heavy atom. The van der Waals surface area contributed by atoms with Crippen molar-refractivity contribution in [1.29, 1.82) is 0 Å². The Hall–Kier alpha value is -2.50. The maximum Gasteiger partial charge on any atom is 0.258 e. The summed E-state index contributed by atoms with van der Waals surface area (Å²) in [5, 5.41) is 0. The standard InChI is InChI=1S/C15H15FN4O/c16-14-12(4-3-7-18-14)15(21)20-10-8-19(9-11-20)13-5-1-2-6-17-13/h1-7H,8-11H2. The van der Waals surface area contributed by atoms with Gasteiger partial charge in [0.15, 0.2) is 0 Å². The first kappa shape index (κ1) is 13.5. The van der Waals surface area contributed by atoms with Gasteiger partial charge >= 0.3 is 0 Å². The SMILES string of the molecule is O=C(c1cccnc1F)N1CCN(c2ccccn2)CC1. The number of halogens is 1. The van der Waals surface area contributed by atoms with Crippen LogP contribution in [0.4, 0.5) is 10.2 Å². The van der Waals surface area contributed by atoms with Gasteiger partial charge in [0.2, 0.25) is 5.95 Å². The Balaban J connectivity index is 1.66. The van der Waals surface area contributed by atoms with E-state index in [2.05, 4.69) is 14.9 Å². The fourth-order valence-electron chi connectivity index (χ4n) is 2.40. The molecule has 0 bridgehead atoms. The fraction of sp³-hybridized carbons (Fsp3) is 0.267. The largest absolute Gasteiger partial charge is 0.353 e. The van der Waals surface area contributed by atoms with E-state index in [9.17, 15) is 9.18 Å². The third-order valence-corrected chi connectivity index (χ3v) is 3.53. The lowest BCUT2D eigenvalue weighted by Gasteiger charge is -2.35. The molecule has 0 aromatic carbocycles. The van der Waals surface area contributed by atoms with Crippen molar-refractivity contribution < 1.29 is 9.18 Å². The molecule has 0 spiro atoms. The Morgan fingerprint density at radius 1 is 1.00 bits per heavy atom. The third-order valence-electron chi connectivity index (χ3n) is 3.53. The molecule has 108 valence electrons. The quantitative estimate of drug-likeness (QED) is 0.787. The number of pyridine rings is 2. The number of amides is 1. The minimum Gasteiger partial charge on any atom is -0.353 e. The number of hydrogen-bond acceptors (Lipinski definition) is 4. The zero-order chi connectivity index (χ0) is 14.7. The number of carbonyl (C=O) groups excluding carboxylic acids is 1. The minimum absolute atomic E-state index is 0.0313. The number of anilines is 1. The van der Waals surface area contributed by atoms with Crippen LogP contribution >= 0.6 is 0 Å². The van der Waals surface area contributed by atoms with Gasteiger partial charge in [0.1, 0.15) is 5.82 Å². The molecule has 0 saturated carbocycles. The van der Waals surface area contributed by atoms with E-state index in [1.807, 2.05) is 18.2 Å². The summed E-state index contributed by atoms with van der Waals surface area (Å²) >= 11 is 0. The molecule has 0 unspecified atom stereocenters. The molecule has 0 N–H and O–H groups in total. The molecule has 21 heavy (non-hydrogen) atoms. The third kappa shape index (κ3) is 2.84. The molecule has 0 radical (unpaired) electrons. The Bertz CT molecular complexity index is 627. The maximum absolute atomic E-state index is 13.6. The summed E-state index contributed by atoms with van der Waals surface area (Å²) in [5.41, 5.74) is 0.0313. The average molecular weight is 286 g/mol. The molecule has 1 aliphatic rings. The number of carbonyl (C=O) groups is 1. The van der Waals surface area contributed by atoms with Crippen LogP contribution in [-0.2, 0) is 0 Å². The minimum atomic E-state index is -0.713. The fourth-order valence-corrected chi connectivity index (χ4v) is 2.40. The molecule has 2 aromatic heterocycles. The van der Waals surface area contributed by atoms with Crippen molar-refractivity contribution in [3.63, 3.8) is 0 Å². The van der Waals surface area contributed by atoms with Gasteiger partial charge in [-0.3, -0.25) is 4.79 Å². The summed E-state index contributed by atoms with van der Waals surface area (Å²) in [7, 11) is 0. The highest BCUT2D eigenvalue weighted by molar-refractivity contribution is 5.94. The van der Waals surface area contributed by atoms with E-state index in [0.29, 0.717) is 26.2 Å². The molecule has 1 fully saturated rings. The number of aromatic nitrogens is 2. The van der Waals surface area contributed by atoms with E-state index in [1.54, 1.807) is 17.2 Å². The second-order valence-corrected chi connectivity index (χ2v) is 4.81. The lowest BCUT2D eigenvalue weighted by atomic mass is 10.2. The van der Waals surface area contributed by atoms with E-state index in [0.717, 1.165) is 5.82 Å². The van der Waals surface area contributed by atoms with Crippen molar-refractivity contribution in [1.82, 2.24) is 14.9 Å². The van der Waals surface area contributed by atoms with Gasteiger partial charge in [-0.05, 0) is 24.3 Å². The zero-order valence-electron chi connectivity index (χ0n) is 11.4. The second kappa shape index (κ2) is 5.87. The normalized spacial score (nSPS) is 15.1. The summed E-state index contributed by atoms with van der Waals surface area (Å²) in [6, 6.07) is 8.79. The predicted octanol–water partition coefficient (Wildman–Crippen LogP) is 1.58. The van der Waals surface area contributed by atoms with Gasteiger partial charge in [0, 0.05) is 38.6 Å². The summed E-state index contributed by atoms with van der Waals surface area (Å²) in [6.07, 6.45) is 3.09. The smallest absolute Gasteiger partial charge is 0.258 e. The summed E-state index contributed by atoms with van der Waals surface area (Å²) < 4.78 is 13.6. The van der Waals surface area contributed by atoms with Crippen molar-refractivity contribution in [3.8, 4) is 0 Å². The average Bonchev–Trinajstić information content (AvgIpc) is 2.56. The van der Waals surface area contributed by atoms with E-state index >= 15 is 0 Å². The van der Waals surface area contributed by atoms with Crippen molar-refractivity contribution in [3.05, 3.63) is 54.2 Å². The van der Waals surface area contributed by atoms with Gasteiger partial charge < -0.3 is 9.80 Å². The maximum atomic E-state index is 13.6. The number of rotatable bonds is 2. The van der Waals surface area contributed by atoms with Crippen molar-refractivity contribution in [2.75, 3.05) is 31.1 Å². The van der Waals surface area contributed by atoms with E-state index in [1.165, 1.54) is 12.3 Å². The molecule has 2 aromatic rings. The summed E-state index contributed by atoms with van der Waals surface area (Å²) in [5.74, 6) is -0.118. The first-order valence-electron chi connectivity index (χ1n) is 6.81. The van der Waals surface area contributed by atoms with E-state index in [-0.39, 0.29) is 11.5 Å². The van der Waals surface area contributed by atoms with Crippen LogP contribution in [0.2, 0.25) is 0 Å². The lowest BCUT2D eigenvalue weighted by Crippen LogP contribution is -2.49. The summed E-state index contributed by atoms with van der Waals surface area (Å²) in [4.78, 5) is 23.9. The molecule has 1 aliphatic heterocycles. The first-order chi connectivity index (χ1) is 10.3. The highest BCUT2D eigenvalue weighted by Gasteiger charge is 2.24. The van der Waals surface area contributed by atoms with Crippen LogP contribution in [0.5, 0.6) is 0 Å². The second-order valence-electron chi connectivity index (χ2n) is 4.81. The van der Waals surface area contributed by atoms with Gasteiger partial charge in [-0.15, -0.1) is 0 Å². The zero-order valence-corrected chi connectivity index (χ0v) is 11.4. The van der Waals surface area contributed by atoms with Gasteiger partial charge in [0.05, 0.1) is 5.56 Å².